The van der Waals surface area contributed by atoms with Crippen LogP contribution in [0.5, 0.6) is 0 Å². The molecule has 0 unspecified atom stereocenters. The zero-order valence-corrected chi connectivity index (χ0v) is 17.9. The molecule has 0 bridgehead atoms. The molecule has 0 saturated carbocycles. The molecule has 0 spiro atoms. The average molecular weight is 465 g/mol. The number of rotatable bonds is 7. The average Bonchev–Trinajstić information content (AvgIpc) is 3.21. The Morgan fingerprint density at radius 2 is 1.68 bits per heavy atom. The summed E-state index contributed by atoms with van der Waals surface area (Å²) in [5, 5.41) is 16.1. The van der Waals surface area contributed by atoms with E-state index in [1.807, 2.05) is 0 Å². The number of furan rings is 1. The lowest BCUT2D eigenvalue weighted by Crippen LogP contribution is -2.43. The summed E-state index contributed by atoms with van der Waals surface area (Å²) in [7, 11) is 0. The summed E-state index contributed by atoms with van der Waals surface area (Å²) >= 11 is 0. The number of nitrogens with one attached hydrogen (secondary N) is 2. The number of carboxylic acids is 1. The molecule has 2 heterocycles. The Morgan fingerprint density at radius 1 is 0.971 bits per heavy atom. The molecule has 0 aliphatic heterocycles. The monoisotopic (exact) mass is 465 g/mol. The van der Waals surface area contributed by atoms with Gasteiger partial charge in [0, 0.05) is 22.4 Å². The van der Waals surface area contributed by atoms with Gasteiger partial charge in [-0.2, -0.15) is 0 Å². The van der Waals surface area contributed by atoms with Gasteiger partial charge in [-0.1, -0.05) is 12.1 Å². The van der Waals surface area contributed by atoms with Crippen molar-refractivity contribution in [3.8, 4) is 11.1 Å². The van der Waals surface area contributed by atoms with Crippen LogP contribution in [0.25, 0.3) is 33.1 Å². The standard InChI is InChI=1S/C24H19FN2O7/c1-12-15-6-17-18(13-2-4-14(25)5-3-13)11-33-19(17)8-20(15)34-24(32)16(12)7-21(28)26-9-22(29)27-10-23(30)31/h2-6,8,11H,7,9-10H2,1H3,(H,26,28)(H,27,29)(H,30,31)/p-1. The first kappa shape index (κ1) is 22.7. The van der Waals surface area contributed by atoms with E-state index in [-0.39, 0.29) is 23.4 Å². The van der Waals surface area contributed by atoms with Crippen LogP contribution in [0.4, 0.5) is 4.39 Å². The molecule has 2 aromatic carbocycles. The van der Waals surface area contributed by atoms with Gasteiger partial charge in [-0.05, 0) is 36.2 Å². The lowest BCUT2D eigenvalue weighted by molar-refractivity contribution is -0.304. The van der Waals surface area contributed by atoms with Gasteiger partial charge in [0.1, 0.15) is 17.0 Å². The first-order valence-electron chi connectivity index (χ1n) is 10.2. The summed E-state index contributed by atoms with van der Waals surface area (Å²) in [5.74, 6) is -3.15. The van der Waals surface area contributed by atoms with Gasteiger partial charge in [0.2, 0.25) is 11.8 Å². The van der Waals surface area contributed by atoms with E-state index >= 15 is 0 Å². The van der Waals surface area contributed by atoms with Gasteiger partial charge in [0.25, 0.3) is 0 Å². The fraction of sp³-hybridized carbons (Fsp3) is 0.167. The quantitative estimate of drug-likeness (QED) is 0.390. The number of fused-ring (bicyclic) bond motifs is 2. The molecule has 9 nitrogen and oxygen atoms in total. The topological polar surface area (TPSA) is 142 Å². The molecule has 174 valence electrons. The van der Waals surface area contributed by atoms with E-state index < -0.39 is 36.5 Å². The highest BCUT2D eigenvalue weighted by atomic mass is 19.1. The first-order valence-corrected chi connectivity index (χ1v) is 10.2. The Morgan fingerprint density at radius 3 is 2.38 bits per heavy atom. The van der Waals surface area contributed by atoms with Crippen LogP contribution in [0.1, 0.15) is 11.1 Å². The SMILES string of the molecule is Cc1c(CC(=O)NCC(=O)NCC(=O)[O-])c(=O)oc2cc3occ(-c4ccc(F)cc4)c3cc12. The zero-order chi connectivity index (χ0) is 24.4. The molecular formula is C24H18FN2O7-. The van der Waals surface area contributed by atoms with Crippen molar-refractivity contribution in [3.05, 3.63) is 70.0 Å². The number of aryl methyl sites for hydroxylation is 1. The highest BCUT2D eigenvalue weighted by Crippen LogP contribution is 2.34. The number of halogens is 1. The minimum atomic E-state index is -1.46. The number of amides is 2. The third-order valence-corrected chi connectivity index (χ3v) is 5.35. The number of aliphatic carboxylic acids is 1. The van der Waals surface area contributed by atoms with Crippen molar-refractivity contribution in [1.82, 2.24) is 10.6 Å². The van der Waals surface area contributed by atoms with Crippen molar-refractivity contribution >= 4 is 39.7 Å². The predicted octanol–water partition coefficient (Wildman–Crippen LogP) is 1.18. The number of carboxylic acid groups (broad SMARTS) is 1. The maximum Gasteiger partial charge on any atom is 0.340 e. The molecule has 34 heavy (non-hydrogen) atoms. The number of hydrogen-bond acceptors (Lipinski definition) is 7. The fourth-order valence-corrected chi connectivity index (χ4v) is 3.60. The molecule has 0 aliphatic carbocycles. The van der Waals surface area contributed by atoms with E-state index in [0.29, 0.717) is 16.5 Å². The van der Waals surface area contributed by atoms with E-state index in [0.717, 1.165) is 16.5 Å². The molecule has 0 radical (unpaired) electrons. The van der Waals surface area contributed by atoms with E-state index in [1.165, 1.54) is 18.4 Å². The molecule has 2 N–H and O–H groups in total. The number of carbonyl (C=O) groups is 3. The van der Waals surface area contributed by atoms with Gasteiger partial charge >= 0.3 is 5.63 Å². The van der Waals surface area contributed by atoms with Crippen molar-refractivity contribution in [2.45, 2.75) is 13.3 Å². The Kier molecular flexibility index (Phi) is 6.13. The van der Waals surface area contributed by atoms with Crippen molar-refractivity contribution in [3.63, 3.8) is 0 Å². The van der Waals surface area contributed by atoms with E-state index in [2.05, 4.69) is 10.6 Å². The van der Waals surface area contributed by atoms with Crippen molar-refractivity contribution < 1.29 is 32.7 Å². The Bertz CT molecular complexity index is 1490. The van der Waals surface area contributed by atoms with Crippen LogP contribution in [-0.2, 0) is 20.8 Å². The van der Waals surface area contributed by atoms with Gasteiger partial charge in [-0.3, -0.25) is 9.59 Å². The highest BCUT2D eigenvalue weighted by Gasteiger charge is 2.18. The molecule has 0 aliphatic rings. The number of carbonyl (C=O) groups excluding carboxylic acids is 3. The largest absolute Gasteiger partial charge is 0.548 e. The summed E-state index contributed by atoms with van der Waals surface area (Å²) in [4.78, 5) is 46.7. The Hall–Kier alpha value is -4.47. The van der Waals surface area contributed by atoms with Crippen LogP contribution < -0.4 is 21.4 Å². The smallest absolute Gasteiger partial charge is 0.340 e. The molecule has 10 heteroatoms. The molecule has 4 rings (SSSR count). The number of benzene rings is 2. The van der Waals surface area contributed by atoms with Crippen LogP contribution in [0.2, 0.25) is 0 Å². The molecule has 0 saturated heterocycles. The van der Waals surface area contributed by atoms with Gasteiger partial charge in [-0.15, -0.1) is 0 Å². The predicted molar refractivity (Wildman–Crippen MR) is 117 cm³/mol. The molecule has 2 amide bonds. The van der Waals surface area contributed by atoms with Crippen LogP contribution in [0, 0.1) is 12.7 Å². The minimum Gasteiger partial charge on any atom is -0.548 e. The highest BCUT2D eigenvalue weighted by molar-refractivity contribution is 6.02. The lowest BCUT2D eigenvalue weighted by Gasteiger charge is -2.10. The van der Waals surface area contributed by atoms with E-state index in [9.17, 15) is 28.7 Å². The minimum absolute atomic E-state index is 0.117. The Labute approximate surface area is 191 Å². The van der Waals surface area contributed by atoms with Crippen LogP contribution in [0.15, 0.2) is 56.3 Å². The van der Waals surface area contributed by atoms with Gasteiger partial charge in [0.05, 0.1) is 37.3 Å². The first-order chi connectivity index (χ1) is 16.2. The van der Waals surface area contributed by atoms with Gasteiger partial charge in [0.15, 0.2) is 0 Å². The third-order valence-electron chi connectivity index (χ3n) is 5.35. The van der Waals surface area contributed by atoms with Crippen LogP contribution >= 0.6 is 0 Å². The molecule has 0 atom stereocenters. The second-order valence-corrected chi connectivity index (χ2v) is 7.60. The fourth-order valence-electron chi connectivity index (χ4n) is 3.60. The summed E-state index contributed by atoms with van der Waals surface area (Å²) < 4.78 is 24.3. The van der Waals surface area contributed by atoms with Crippen molar-refractivity contribution in [2.24, 2.45) is 0 Å². The summed E-state index contributed by atoms with van der Waals surface area (Å²) in [6.45, 7) is 0.545. The lowest BCUT2D eigenvalue weighted by atomic mass is 9.99. The molecule has 2 aromatic heterocycles. The summed E-state index contributed by atoms with van der Waals surface area (Å²) in [6, 6.07) is 9.29. The van der Waals surface area contributed by atoms with E-state index in [1.54, 1.807) is 31.2 Å². The maximum absolute atomic E-state index is 13.3. The van der Waals surface area contributed by atoms with Crippen LogP contribution in [0.3, 0.4) is 0 Å². The normalized spacial score (nSPS) is 11.0. The van der Waals surface area contributed by atoms with Gasteiger partial charge in [-0.25, -0.2) is 9.18 Å². The van der Waals surface area contributed by atoms with E-state index in [4.69, 9.17) is 8.83 Å². The molecular weight excluding hydrogens is 447 g/mol. The second kappa shape index (κ2) is 9.18. The van der Waals surface area contributed by atoms with Crippen molar-refractivity contribution in [1.29, 1.82) is 0 Å². The Balaban J connectivity index is 1.62. The molecule has 4 aromatic rings. The maximum atomic E-state index is 13.3. The summed E-state index contributed by atoms with van der Waals surface area (Å²) in [5.41, 5.74) is 2.16. The van der Waals surface area contributed by atoms with Crippen LogP contribution in [-0.4, -0.2) is 30.9 Å². The summed E-state index contributed by atoms with van der Waals surface area (Å²) in [6.07, 6.45) is 1.19. The number of hydrogen-bond donors (Lipinski definition) is 2. The van der Waals surface area contributed by atoms with Gasteiger partial charge < -0.3 is 29.4 Å². The molecule has 0 fully saturated rings. The second-order valence-electron chi connectivity index (χ2n) is 7.60. The van der Waals surface area contributed by atoms with Crippen molar-refractivity contribution in [2.75, 3.05) is 13.1 Å². The zero-order valence-electron chi connectivity index (χ0n) is 17.9. The third kappa shape index (κ3) is 4.65.